The monoisotopic (exact) mass is 343 g/mol. The van der Waals surface area contributed by atoms with E-state index in [4.69, 9.17) is 0 Å². The first-order valence-electron chi connectivity index (χ1n) is 6.96. The predicted molar refractivity (Wildman–Crippen MR) is 81.4 cm³/mol. The highest BCUT2D eigenvalue weighted by Crippen LogP contribution is 2.32. The number of hydrogen-bond acceptors (Lipinski definition) is 3. The number of nitrogens with zero attached hydrogens (tertiary/aromatic N) is 1. The molecule has 2 aromatic rings. The number of halogens is 2. The van der Waals surface area contributed by atoms with Gasteiger partial charge in [0.15, 0.2) is 4.90 Å². The zero-order valence-corrected chi connectivity index (χ0v) is 13.3. The second-order valence-electron chi connectivity index (χ2n) is 5.29. The Labute approximate surface area is 132 Å². The predicted octanol–water partition coefficient (Wildman–Crippen LogP) is 3.59. The summed E-state index contributed by atoms with van der Waals surface area (Å²) in [6.45, 7) is 0.549. The van der Waals surface area contributed by atoms with Crippen LogP contribution in [0, 0.1) is 11.6 Å². The van der Waals surface area contributed by atoms with Crippen LogP contribution in [0.15, 0.2) is 39.9 Å². The first-order chi connectivity index (χ1) is 10.5. The van der Waals surface area contributed by atoms with Gasteiger partial charge in [0, 0.05) is 13.1 Å². The Morgan fingerprint density at radius 3 is 2.27 bits per heavy atom. The van der Waals surface area contributed by atoms with Crippen molar-refractivity contribution < 1.29 is 17.2 Å². The lowest BCUT2D eigenvalue weighted by Gasteiger charge is -2.31. The SMILES string of the molecule is O=S(=O)(c1c(F)cccc1F)N1CCC(c2ccsc2)CC1. The Morgan fingerprint density at radius 1 is 1.09 bits per heavy atom. The molecular formula is C15H15F2NO2S2. The summed E-state index contributed by atoms with van der Waals surface area (Å²) >= 11 is 1.61. The van der Waals surface area contributed by atoms with E-state index in [2.05, 4.69) is 5.38 Å². The van der Waals surface area contributed by atoms with Gasteiger partial charge in [0.05, 0.1) is 0 Å². The van der Waals surface area contributed by atoms with E-state index in [1.165, 1.54) is 9.87 Å². The number of benzene rings is 1. The summed E-state index contributed by atoms with van der Waals surface area (Å²) in [5, 5.41) is 4.05. The van der Waals surface area contributed by atoms with Crippen LogP contribution < -0.4 is 0 Å². The second kappa shape index (κ2) is 6.06. The van der Waals surface area contributed by atoms with Crippen LogP contribution in [0.25, 0.3) is 0 Å². The van der Waals surface area contributed by atoms with Crippen molar-refractivity contribution in [1.82, 2.24) is 4.31 Å². The van der Waals surface area contributed by atoms with Crippen LogP contribution in [-0.4, -0.2) is 25.8 Å². The van der Waals surface area contributed by atoms with E-state index in [0.29, 0.717) is 18.8 Å². The van der Waals surface area contributed by atoms with Crippen LogP contribution in [0.3, 0.4) is 0 Å². The summed E-state index contributed by atoms with van der Waals surface area (Å²) in [6.07, 6.45) is 1.32. The Hall–Kier alpha value is -1.31. The van der Waals surface area contributed by atoms with E-state index in [9.17, 15) is 17.2 Å². The van der Waals surface area contributed by atoms with Crippen LogP contribution in [0.2, 0.25) is 0 Å². The van der Waals surface area contributed by atoms with E-state index >= 15 is 0 Å². The normalized spacial score (nSPS) is 17.7. The fraction of sp³-hybridized carbons (Fsp3) is 0.333. The molecule has 7 heteroatoms. The zero-order valence-electron chi connectivity index (χ0n) is 11.7. The maximum Gasteiger partial charge on any atom is 0.248 e. The third-order valence-corrected chi connectivity index (χ3v) is 6.64. The van der Waals surface area contributed by atoms with E-state index in [0.717, 1.165) is 18.2 Å². The molecule has 22 heavy (non-hydrogen) atoms. The highest BCUT2D eigenvalue weighted by molar-refractivity contribution is 7.89. The van der Waals surface area contributed by atoms with Crippen LogP contribution in [0.5, 0.6) is 0 Å². The minimum atomic E-state index is -4.13. The van der Waals surface area contributed by atoms with Crippen molar-refractivity contribution in [3.05, 3.63) is 52.2 Å². The molecule has 3 nitrogen and oxygen atoms in total. The molecule has 0 N–H and O–H groups in total. The Bertz CT molecular complexity index is 732. The molecule has 0 radical (unpaired) electrons. The van der Waals surface area contributed by atoms with Crippen molar-refractivity contribution in [2.45, 2.75) is 23.7 Å². The van der Waals surface area contributed by atoms with Crippen molar-refractivity contribution in [2.75, 3.05) is 13.1 Å². The van der Waals surface area contributed by atoms with E-state index in [-0.39, 0.29) is 13.1 Å². The lowest BCUT2D eigenvalue weighted by atomic mass is 9.92. The smallest absolute Gasteiger partial charge is 0.207 e. The summed E-state index contributed by atoms with van der Waals surface area (Å²) in [5.41, 5.74) is 1.21. The maximum atomic E-state index is 13.8. The van der Waals surface area contributed by atoms with Crippen LogP contribution in [0.1, 0.15) is 24.3 Å². The Balaban J connectivity index is 1.81. The van der Waals surface area contributed by atoms with Gasteiger partial charge in [-0.2, -0.15) is 15.6 Å². The quantitative estimate of drug-likeness (QED) is 0.854. The van der Waals surface area contributed by atoms with Gasteiger partial charge in [0.2, 0.25) is 10.0 Å². The molecule has 1 saturated heterocycles. The minimum Gasteiger partial charge on any atom is -0.207 e. The standard InChI is InChI=1S/C15H15F2NO2S2/c16-13-2-1-3-14(17)15(13)22(19,20)18-7-4-11(5-8-18)12-6-9-21-10-12/h1-3,6,9-11H,4-5,7-8H2. The van der Waals surface area contributed by atoms with E-state index < -0.39 is 26.6 Å². The van der Waals surface area contributed by atoms with Gasteiger partial charge < -0.3 is 0 Å². The molecule has 0 bridgehead atoms. The van der Waals surface area contributed by atoms with Gasteiger partial charge in [0.25, 0.3) is 0 Å². The topological polar surface area (TPSA) is 37.4 Å². The molecule has 2 heterocycles. The molecule has 118 valence electrons. The molecule has 0 atom stereocenters. The Kier molecular flexibility index (Phi) is 4.29. The van der Waals surface area contributed by atoms with Gasteiger partial charge in [-0.15, -0.1) is 0 Å². The van der Waals surface area contributed by atoms with Crippen LogP contribution in [-0.2, 0) is 10.0 Å². The molecule has 1 aromatic carbocycles. The third-order valence-electron chi connectivity index (χ3n) is 3.99. The number of thiophene rings is 1. The van der Waals surface area contributed by atoms with Crippen LogP contribution in [0.4, 0.5) is 8.78 Å². The Morgan fingerprint density at radius 2 is 1.73 bits per heavy atom. The molecule has 0 saturated carbocycles. The summed E-state index contributed by atoms with van der Waals surface area (Å²) < 4.78 is 53.6. The van der Waals surface area contributed by atoms with Crippen molar-refractivity contribution in [1.29, 1.82) is 0 Å². The van der Waals surface area contributed by atoms with Gasteiger partial charge in [0.1, 0.15) is 11.6 Å². The minimum absolute atomic E-state index is 0.274. The van der Waals surface area contributed by atoms with Gasteiger partial charge in [-0.1, -0.05) is 6.07 Å². The second-order valence-corrected chi connectivity index (χ2v) is 7.94. The zero-order chi connectivity index (χ0) is 15.7. The highest BCUT2D eigenvalue weighted by atomic mass is 32.2. The third kappa shape index (κ3) is 2.80. The molecule has 0 unspecified atom stereocenters. The largest absolute Gasteiger partial charge is 0.248 e. The van der Waals surface area contributed by atoms with Crippen molar-refractivity contribution in [3.8, 4) is 0 Å². The molecule has 1 aliphatic heterocycles. The number of hydrogen-bond donors (Lipinski definition) is 0. The average Bonchev–Trinajstić information content (AvgIpc) is 3.01. The molecule has 3 rings (SSSR count). The molecule has 0 amide bonds. The van der Waals surface area contributed by atoms with Gasteiger partial charge in [-0.3, -0.25) is 0 Å². The van der Waals surface area contributed by atoms with Crippen molar-refractivity contribution >= 4 is 21.4 Å². The molecule has 0 spiro atoms. The first-order valence-corrected chi connectivity index (χ1v) is 9.34. The maximum absolute atomic E-state index is 13.8. The molecule has 1 aliphatic rings. The summed E-state index contributed by atoms with van der Waals surface area (Å²) in [5.74, 6) is -1.77. The van der Waals surface area contributed by atoms with E-state index in [1.54, 1.807) is 11.3 Å². The fourth-order valence-corrected chi connectivity index (χ4v) is 5.12. The summed E-state index contributed by atoms with van der Waals surface area (Å²) in [6, 6.07) is 5.13. The lowest BCUT2D eigenvalue weighted by molar-refractivity contribution is 0.317. The van der Waals surface area contributed by atoms with E-state index in [1.807, 2.05) is 11.4 Å². The molecule has 0 aliphatic carbocycles. The number of rotatable bonds is 3. The molecular weight excluding hydrogens is 328 g/mol. The number of sulfonamides is 1. The first kappa shape index (κ1) is 15.6. The van der Waals surface area contributed by atoms with Crippen molar-refractivity contribution in [2.24, 2.45) is 0 Å². The van der Waals surface area contributed by atoms with Gasteiger partial charge in [-0.25, -0.2) is 17.2 Å². The average molecular weight is 343 g/mol. The highest BCUT2D eigenvalue weighted by Gasteiger charge is 2.33. The van der Waals surface area contributed by atoms with Crippen molar-refractivity contribution in [3.63, 3.8) is 0 Å². The summed E-state index contributed by atoms with van der Waals surface area (Å²) in [4.78, 5) is -0.844. The lowest BCUT2D eigenvalue weighted by Crippen LogP contribution is -2.38. The van der Waals surface area contributed by atoms with Gasteiger partial charge >= 0.3 is 0 Å². The van der Waals surface area contributed by atoms with Gasteiger partial charge in [-0.05, 0) is 53.3 Å². The number of piperidine rings is 1. The molecule has 1 fully saturated rings. The van der Waals surface area contributed by atoms with Crippen LogP contribution >= 0.6 is 11.3 Å². The molecule has 1 aromatic heterocycles. The summed E-state index contributed by atoms with van der Waals surface area (Å²) in [7, 11) is -4.13. The fourth-order valence-electron chi connectivity index (χ4n) is 2.79.